The summed E-state index contributed by atoms with van der Waals surface area (Å²) in [4.78, 5) is 25.9. The van der Waals surface area contributed by atoms with Crippen LogP contribution in [0.1, 0.15) is 45.4 Å². The molecule has 1 aliphatic heterocycles. The molecular weight excluding hydrogens is 242 g/mol. The number of hydrogen-bond donors (Lipinski definition) is 2. The third-order valence-corrected chi connectivity index (χ3v) is 4.00. The number of hydrogen-bond acceptors (Lipinski definition) is 3. The van der Waals surface area contributed by atoms with E-state index in [0.29, 0.717) is 6.04 Å². The molecule has 1 saturated heterocycles. The number of likely N-dealkylation sites (N-methyl/N-ethyl adjacent to an activating group) is 1. The van der Waals surface area contributed by atoms with Crippen LogP contribution in [0, 0.1) is 0 Å². The van der Waals surface area contributed by atoms with Gasteiger partial charge in [-0.2, -0.15) is 0 Å². The van der Waals surface area contributed by atoms with Crippen molar-refractivity contribution in [2.75, 3.05) is 20.1 Å². The van der Waals surface area contributed by atoms with E-state index in [2.05, 4.69) is 17.6 Å². The van der Waals surface area contributed by atoms with Crippen molar-refractivity contribution < 1.29 is 9.59 Å². The van der Waals surface area contributed by atoms with Crippen LogP contribution in [0.4, 0.5) is 0 Å². The second-order valence-electron chi connectivity index (χ2n) is 5.87. The van der Waals surface area contributed by atoms with E-state index in [1.807, 2.05) is 0 Å². The Balaban J connectivity index is 1.90. The highest BCUT2D eigenvalue weighted by Gasteiger charge is 2.42. The first-order chi connectivity index (χ1) is 9.07. The van der Waals surface area contributed by atoms with E-state index in [9.17, 15) is 9.59 Å². The Labute approximate surface area is 115 Å². The van der Waals surface area contributed by atoms with Crippen LogP contribution >= 0.6 is 0 Å². The molecule has 0 aromatic rings. The number of carbonyl (C=O) groups excluding carboxylic acids is 2. The fraction of sp³-hybridized carbons (Fsp3) is 0.857. The third kappa shape index (κ3) is 3.47. The number of nitrogens with zero attached hydrogens (tertiary/aromatic N) is 1. The topological polar surface area (TPSA) is 61.4 Å². The molecule has 2 N–H and O–H groups in total. The number of nitrogens with one attached hydrogen (secondary N) is 2. The summed E-state index contributed by atoms with van der Waals surface area (Å²) in [5.74, 6) is 0.0285. The lowest BCUT2D eigenvalue weighted by molar-refractivity contribution is -0.140. The molecule has 0 bridgehead atoms. The summed E-state index contributed by atoms with van der Waals surface area (Å²) in [6.45, 7) is 3.16. The fourth-order valence-corrected chi connectivity index (χ4v) is 2.89. The Kier molecular flexibility index (Phi) is 4.45. The zero-order chi connectivity index (χ0) is 13.9. The Morgan fingerprint density at radius 1 is 1.42 bits per heavy atom. The highest BCUT2D eigenvalue weighted by molar-refractivity contribution is 5.90. The summed E-state index contributed by atoms with van der Waals surface area (Å²) in [7, 11) is 1.73. The summed E-state index contributed by atoms with van der Waals surface area (Å²) < 4.78 is 0. The number of rotatable bonds is 6. The average Bonchev–Trinajstić information content (AvgIpc) is 3.04. The van der Waals surface area contributed by atoms with Gasteiger partial charge in [0.1, 0.15) is 0 Å². The van der Waals surface area contributed by atoms with Gasteiger partial charge >= 0.3 is 0 Å². The molecule has 5 nitrogen and oxygen atoms in total. The van der Waals surface area contributed by atoms with E-state index in [0.717, 1.165) is 45.1 Å². The van der Waals surface area contributed by atoms with Crippen LogP contribution in [0.5, 0.6) is 0 Å². The van der Waals surface area contributed by atoms with Crippen molar-refractivity contribution >= 4 is 11.8 Å². The van der Waals surface area contributed by atoms with E-state index in [1.54, 1.807) is 11.9 Å². The van der Waals surface area contributed by atoms with Gasteiger partial charge in [0, 0.05) is 13.1 Å². The number of amides is 2. The molecule has 1 heterocycles. The highest BCUT2D eigenvalue weighted by atomic mass is 16.2. The monoisotopic (exact) mass is 267 g/mol. The maximum absolute atomic E-state index is 12.6. The Hall–Kier alpha value is -1.10. The lowest BCUT2D eigenvalue weighted by Gasteiger charge is -2.32. The first kappa shape index (κ1) is 14.3. The molecule has 2 rings (SSSR count). The average molecular weight is 267 g/mol. The molecule has 19 heavy (non-hydrogen) atoms. The minimum Gasteiger partial charge on any atom is -0.352 e. The van der Waals surface area contributed by atoms with Crippen LogP contribution in [-0.2, 0) is 9.59 Å². The van der Waals surface area contributed by atoms with Gasteiger partial charge in [-0.05, 0) is 38.6 Å². The van der Waals surface area contributed by atoms with Crippen LogP contribution < -0.4 is 10.6 Å². The van der Waals surface area contributed by atoms with Gasteiger partial charge in [0.05, 0.1) is 12.1 Å². The predicted octanol–water partition coefficient (Wildman–Crippen LogP) is 0.646. The van der Waals surface area contributed by atoms with Gasteiger partial charge in [-0.15, -0.1) is 0 Å². The van der Waals surface area contributed by atoms with Crippen molar-refractivity contribution in [3.05, 3.63) is 0 Å². The molecule has 2 amide bonds. The van der Waals surface area contributed by atoms with E-state index in [4.69, 9.17) is 0 Å². The van der Waals surface area contributed by atoms with Crippen molar-refractivity contribution in [3.63, 3.8) is 0 Å². The Morgan fingerprint density at radius 3 is 2.68 bits per heavy atom. The van der Waals surface area contributed by atoms with Crippen LogP contribution in [0.25, 0.3) is 0 Å². The van der Waals surface area contributed by atoms with Gasteiger partial charge in [-0.25, -0.2) is 0 Å². The standard InChI is InChI=1S/C14H25N3O2/c1-3-7-14(8-4-9-15-14)13(19)17(2)10-12(18)16-11-5-6-11/h11,15H,3-10H2,1-2H3,(H,16,18). The molecule has 1 atom stereocenters. The lowest BCUT2D eigenvalue weighted by Crippen LogP contribution is -2.55. The summed E-state index contributed by atoms with van der Waals surface area (Å²) in [6, 6.07) is 0.352. The number of carbonyl (C=O) groups is 2. The molecule has 2 aliphatic rings. The van der Waals surface area contributed by atoms with Crippen molar-refractivity contribution in [3.8, 4) is 0 Å². The van der Waals surface area contributed by atoms with Crippen molar-refractivity contribution in [2.45, 2.75) is 57.0 Å². The predicted molar refractivity (Wildman–Crippen MR) is 73.7 cm³/mol. The van der Waals surface area contributed by atoms with Crippen LogP contribution in [0.15, 0.2) is 0 Å². The molecule has 0 aromatic heterocycles. The van der Waals surface area contributed by atoms with Crippen molar-refractivity contribution in [1.82, 2.24) is 15.5 Å². The summed E-state index contributed by atoms with van der Waals surface area (Å²) >= 11 is 0. The largest absolute Gasteiger partial charge is 0.352 e. The summed E-state index contributed by atoms with van der Waals surface area (Å²) in [5, 5.41) is 6.28. The summed E-state index contributed by atoms with van der Waals surface area (Å²) in [5.41, 5.74) is -0.427. The van der Waals surface area contributed by atoms with Crippen LogP contribution in [0.3, 0.4) is 0 Å². The van der Waals surface area contributed by atoms with E-state index >= 15 is 0 Å². The molecule has 2 fully saturated rings. The second-order valence-corrected chi connectivity index (χ2v) is 5.87. The van der Waals surface area contributed by atoms with Crippen LogP contribution in [-0.4, -0.2) is 48.4 Å². The first-order valence-corrected chi connectivity index (χ1v) is 7.37. The molecular formula is C14H25N3O2. The second kappa shape index (κ2) is 5.90. The van der Waals surface area contributed by atoms with Gasteiger partial charge in [0.2, 0.25) is 11.8 Å². The molecule has 0 radical (unpaired) electrons. The third-order valence-electron chi connectivity index (χ3n) is 4.00. The van der Waals surface area contributed by atoms with Gasteiger partial charge in [0.15, 0.2) is 0 Å². The Bertz CT molecular complexity index is 347. The van der Waals surface area contributed by atoms with Crippen molar-refractivity contribution in [1.29, 1.82) is 0 Å². The fourth-order valence-electron chi connectivity index (χ4n) is 2.89. The minimum atomic E-state index is -0.427. The molecule has 1 unspecified atom stereocenters. The van der Waals surface area contributed by atoms with E-state index < -0.39 is 5.54 Å². The molecule has 0 aromatic carbocycles. The normalized spacial score (nSPS) is 26.2. The minimum absolute atomic E-state index is 0.0389. The molecule has 5 heteroatoms. The smallest absolute Gasteiger partial charge is 0.243 e. The first-order valence-electron chi connectivity index (χ1n) is 7.37. The summed E-state index contributed by atoms with van der Waals surface area (Å²) in [6.07, 6.45) is 5.89. The molecule has 0 spiro atoms. The zero-order valence-electron chi connectivity index (χ0n) is 12.0. The van der Waals surface area contributed by atoms with Crippen LogP contribution in [0.2, 0.25) is 0 Å². The molecule has 1 aliphatic carbocycles. The van der Waals surface area contributed by atoms with Gasteiger partial charge in [0.25, 0.3) is 0 Å². The van der Waals surface area contributed by atoms with E-state index in [1.165, 1.54) is 0 Å². The maximum atomic E-state index is 12.6. The quantitative estimate of drug-likeness (QED) is 0.742. The maximum Gasteiger partial charge on any atom is 0.243 e. The highest BCUT2D eigenvalue weighted by Crippen LogP contribution is 2.26. The van der Waals surface area contributed by atoms with Gasteiger partial charge in [-0.3, -0.25) is 9.59 Å². The zero-order valence-corrected chi connectivity index (χ0v) is 12.0. The van der Waals surface area contributed by atoms with Crippen molar-refractivity contribution in [2.24, 2.45) is 0 Å². The van der Waals surface area contributed by atoms with Gasteiger partial charge < -0.3 is 15.5 Å². The van der Waals surface area contributed by atoms with Gasteiger partial charge in [-0.1, -0.05) is 13.3 Å². The molecule has 1 saturated carbocycles. The Morgan fingerprint density at radius 2 is 2.16 bits per heavy atom. The molecule has 108 valence electrons. The lowest BCUT2D eigenvalue weighted by atomic mass is 9.90. The van der Waals surface area contributed by atoms with E-state index in [-0.39, 0.29) is 18.4 Å². The SMILES string of the molecule is CCCC1(C(=O)N(C)CC(=O)NC2CC2)CCCN1.